The van der Waals surface area contributed by atoms with Crippen LogP contribution in [-0.4, -0.2) is 17.0 Å². The highest BCUT2D eigenvalue weighted by molar-refractivity contribution is 5.56. The molecule has 2 aromatic heterocycles. The van der Waals surface area contributed by atoms with E-state index in [2.05, 4.69) is 5.32 Å². The molecule has 2 nitrogen and oxygen atoms in total. The zero-order valence-electron chi connectivity index (χ0n) is 10.5. The lowest BCUT2D eigenvalue weighted by atomic mass is 10.1. The van der Waals surface area contributed by atoms with E-state index in [4.69, 9.17) is 0 Å². The predicted molar refractivity (Wildman–Crippen MR) is 71.3 cm³/mol. The van der Waals surface area contributed by atoms with Crippen LogP contribution in [0.4, 0.5) is 4.39 Å². The molecule has 0 amide bonds. The van der Waals surface area contributed by atoms with Crippen LogP contribution in [0.15, 0.2) is 30.6 Å². The molecule has 0 bridgehead atoms. The van der Waals surface area contributed by atoms with Crippen molar-refractivity contribution in [3.8, 4) is 0 Å². The van der Waals surface area contributed by atoms with E-state index < -0.39 is 0 Å². The van der Waals surface area contributed by atoms with Gasteiger partial charge >= 0.3 is 0 Å². The molecule has 0 unspecified atom stereocenters. The van der Waals surface area contributed by atoms with Crippen molar-refractivity contribution in [1.29, 1.82) is 0 Å². The van der Waals surface area contributed by atoms with Crippen LogP contribution in [0.25, 0.3) is 5.52 Å². The average molecular weight is 246 g/mol. The molecule has 0 aromatic carbocycles. The second-order valence-electron chi connectivity index (χ2n) is 5.14. The summed E-state index contributed by atoms with van der Waals surface area (Å²) in [4.78, 5) is 0. The van der Waals surface area contributed by atoms with E-state index in [1.54, 1.807) is 6.07 Å². The van der Waals surface area contributed by atoms with Crippen molar-refractivity contribution in [3.63, 3.8) is 0 Å². The maximum absolute atomic E-state index is 13.8. The van der Waals surface area contributed by atoms with Crippen LogP contribution < -0.4 is 5.32 Å². The van der Waals surface area contributed by atoms with Crippen LogP contribution in [0, 0.1) is 5.82 Å². The minimum Gasteiger partial charge on any atom is -0.321 e. The number of nitrogens with one attached hydrogen (secondary N) is 1. The van der Waals surface area contributed by atoms with Gasteiger partial charge in [-0.05, 0) is 49.6 Å². The maximum atomic E-state index is 13.8. The molecule has 1 N–H and O–H groups in total. The van der Waals surface area contributed by atoms with Crippen molar-refractivity contribution in [3.05, 3.63) is 42.0 Å². The second kappa shape index (κ2) is 5.11. The number of pyridine rings is 1. The number of halogens is 1. The van der Waals surface area contributed by atoms with Gasteiger partial charge in [-0.15, -0.1) is 0 Å². The molecule has 0 spiro atoms. The topological polar surface area (TPSA) is 16.4 Å². The zero-order chi connectivity index (χ0) is 12.4. The van der Waals surface area contributed by atoms with Gasteiger partial charge in [-0.1, -0.05) is 12.8 Å². The Bertz CT molecular complexity index is 526. The molecule has 2 heterocycles. The quantitative estimate of drug-likeness (QED) is 0.876. The summed E-state index contributed by atoms with van der Waals surface area (Å²) >= 11 is 0. The lowest BCUT2D eigenvalue weighted by Crippen LogP contribution is -2.27. The molecule has 1 saturated carbocycles. The van der Waals surface area contributed by atoms with Gasteiger partial charge in [0, 0.05) is 18.4 Å². The van der Waals surface area contributed by atoms with Gasteiger partial charge in [0.05, 0.1) is 5.52 Å². The zero-order valence-corrected chi connectivity index (χ0v) is 10.5. The number of nitrogens with zero attached hydrogens (tertiary/aromatic N) is 1. The Morgan fingerprint density at radius 1 is 1.22 bits per heavy atom. The van der Waals surface area contributed by atoms with Crippen LogP contribution in [0.2, 0.25) is 0 Å². The summed E-state index contributed by atoms with van der Waals surface area (Å²) in [6.45, 7) is 0.943. The van der Waals surface area contributed by atoms with Gasteiger partial charge in [0.25, 0.3) is 0 Å². The number of aromatic nitrogens is 1. The molecule has 96 valence electrons. The standard InChI is InChI=1S/C15H19FN2/c16-14-6-3-10-18-11-8-12(15(14)18)7-9-17-13-4-1-2-5-13/h3,6,8,10-11,13,17H,1-2,4-5,7,9H2. The first-order valence-corrected chi connectivity index (χ1v) is 6.82. The third kappa shape index (κ3) is 2.27. The van der Waals surface area contributed by atoms with Crippen LogP contribution in [0.1, 0.15) is 31.2 Å². The first kappa shape index (κ1) is 11.7. The smallest absolute Gasteiger partial charge is 0.147 e. The molecule has 18 heavy (non-hydrogen) atoms. The number of fused-ring (bicyclic) bond motifs is 1. The summed E-state index contributed by atoms with van der Waals surface area (Å²) in [7, 11) is 0. The Balaban J connectivity index is 1.67. The molecule has 1 fully saturated rings. The van der Waals surface area contributed by atoms with Crippen molar-refractivity contribution >= 4 is 5.52 Å². The van der Waals surface area contributed by atoms with Crippen LogP contribution in [-0.2, 0) is 6.42 Å². The number of rotatable bonds is 4. The summed E-state index contributed by atoms with van der Waals surface area (Å²) in [5.74, 6) is -0.127. The fraction of sp³-hybridized carbons (Fsp3) is 0.467. The molecule has 0 radical (unpaired) electrons. The number of hydrogen-bond donors (Lipinski definition) is 1. The fourth-order valence-electron chi connectivity index (χ4n) is 2.93. The largest absolute Gasteiger partial charge is 0.321 e. The highest BCUT2D eigenvalue weighted by Gasteiger charge is 2.14. The highest BCUT2D eigenvalue weighted by Crippen LogP contribution is 2.19. The van der Waals surface area contributed by atoms with Gasteiger partial charge < -0.3 is 9.72 Å². The molecular formula is C15H19FN2. The Morgan fingerprint density at radius 2 is 2.06 bits per heavy atom. The molecule has 0 aliphatic heterocycles. The molecule has 0 atom stereocenters. The van der Waals surface area contributed by atoms with Crippen molar-refractivity contribution < 1.29 is 4.39 Å². The van der Waals surface area contributed by atoms with E-state index in [-0.39, 0.29) is 5.82 Å². The monoisotopic (exact) mass is 246 g/mol. The summed E-state index contributed by atoms with van der Waals surface area (Å²) in [6, 6.07) is 5.98. The minimum atomic E-state index is -0.127. The molecule has 1 aliphatic rings. The minimum absolute atomic E-state index is 0.127. The molecule has 0 saturated heterocycles. The Hall–Kier alpha value is -1.35. The van der Waals surface area contributed by atoms with Gasteiger partial charge in [-0.25, -0.2) is 4.39 Å². The second-order valence-corrected chi connectivity index (χ2v) is 5.14. The maximum Gasteiger partial charge on any atom is 0.147 e. The lowest BCUT2D eigenvalue weighted by Gasteiger charge is -2.11. The van der Waals surface area contributed by atoms with E-state index >= 15 is 0 Å². The first-order valence-electron chi connectivity index (χ1n) is 6.82. The third-order valence-corrected chi connectivity index (χ3v) is 3.90. The van der Waals surface area contributed by atoms with Gasteiger partial charge in [-0.3, -0.25) is 0 Å². The van der Waals surface area contributed by atoms with E-state index in [1.165, 1.54) is 31.7 Å². The van der Waals surface area contributed by atoms with Gasteiger partial charge in [0.1, 0.15) is 5.82 Å². The van der Waals surface area contributed by atoms with Gasteiger partial charge in [0.15, 0.2) is 0 Å². The SMILES string of the molecule is Fc1cccn2ccc(CCNC3CCCC3)c12. The summed E-state index contributed by atoms with van der Waals surface area (Å²) in [5.41, 5.74) is 1.82. The van der Waals surface area contributed by atoms with Crippen LogP contribution in [0.5, 0.6) is 0 Å². The summed E-state index contributed by atoms with van der Waals surface area (Å²) in [5, 5.41) is 3.57. The van der Waals surface area contributed by atoms with Crippen LogP contribution in [0.3, 0.4) is 0 Å². The van der Waals surface area contributed by atoms with Crippen molar-refractivity contribution in [2.24, 2.45) is 0 Å². The first-order chi connectivity index (χ1) is 8.84. The van der Waals surface area contributed by atoms with Crippen molar-refractivity contribution in [2.75, 3.05) is 6.54 Å². The lowest BCUT2D eigenvalue weighted by molar-refractivity contribution is 0.528. The van der Waals surface area contributed by atoms with E-state index in [0.717, 1.165) is 24.0 Å². The molecule has 1 aliphatic carbocycles. The third-order valence-electron chi connectivity index (χ3n) is 3.90. The van der Waals surface area contributed by atoms with E-state index in [9.17, 15) is 4.39 Å². The highest BCUT2D eigenvalue weighted by atomic mass is 19.1. The van der Waals surface area contributed by atoms with Gasteiger partial charge in [-0.2, -0.15) is 0 Å². The Morgan fingerprint density at radius 3 is 2.89 bits per heavy atom. The van der Waals surface area contributed by atoms with E-state index in [1.807, 2.05) is 22.9 Å². The molecular weight excluding hydrogens is 227 g/mol. The van der Waals surface area contributed by atoms with E-state index in [0.29, 0.717) is 6.04 Å². The van der Waals surface area contributed by atoms with Gasteiger partial charge in [0.2, 0.25) is 0 Å². The molecule has 3 rings (SSSR count). The average Bonchev–Trinajstić information content (AvgIpc) is 3.00. The summed E-state index contributed by atoms with van der Waals surface area (Å²) in [6.07, 6.45) is 10.0. The number of hydrogen-bond acceptors (Lipinski definition) is 1. The molecule has 3 heteroatoms. The summed E-state index contributed by atoms with van der Waals surface area (Å²) < 4.78 is 15.6. The van der Waals surface area contributed by atoms with Crippen LogP contribution >= 0.6 is 0 Å². The molecule has 2 aromatic rings. The predicted octanol–water partition coefficient (Wildman–Crippen LogP) is 3.15. The Kier molecular flexibility index (Phi) is 3.33. The van der Waals surface area contributed by atoms with Crippen molar-refractivity contribution in [2.45, 2.75) is 38.1 Å². The Labute approximate surface area is 107 Å². The normalized spacial score (nSPS) is 16.7. The van der Waals surface area contributed by atoms with Crippen molar-refractivity contribution in [1.82, 2.24) is 9.72 Å². The fourth-order valence-corrected chi connectivity index (χ4v) is 2.93.